The summed E-state index contributed by atoms with van der Waals surface area (Å²) in [5.41, 5.74) is 3.81. The lowest BCUT2D eigenvalue weighted by Gasteiger charge is -2.11. The maximum absolute atomic E-state index is 6.08. The normalized spacial score (nSPS) is 15.8. The fourth-order valence-electron chi connectivity index (χ4n) is 1.85. The molecule has 1 nitrogen and oxygen atoms in total. The van der Waals surface area contributed by atoms with Crippen LogP contribution in [-0.4, -0.2) is 0 Å². The summed E-state index contributed by atoms with van der Waals surface area (Å²) in [7, 11) is 0. The molecule has 90 valence electrons. The molecular formula is C14H14Cl2O. The third kappa shape index (κ3) is 2.36. The average molecular weight is 269 g/mol. The van der Waals surface area contributed by atoms with Crippen LogP contribution >= 0.6 is 23.2 Å². The van der Waals surface area contributed by atoms with E-state index < -0.39 is 0 Å². The lowest BCUT2D eigenvalue weighted by Crippen LogP contribution is -1.96. The van der Waals surface area contributed by atoms with Gasteiger partial charge >= 0.3 is 0 Å². The summed E-state index contributed by atoms with van der Waals surface area (Å²) in [6.07, 6.45) is 0.833. The molecule has 1 aliphatic rings. The lowest BCUT2D eigenvalue weighted by molar-refractivity contribution is 0.412. The molecule has 0 radical (unpaired) electrons. The second kappa shape index (κ2) is 4.75. The topological polar surface area (TPSA) is 9.23 Å². The fraction of sp³-hybridized carbons (Fsp3) is 0.286. The maximum Gasteiger partial charge on any atom is 0.164 e. The van der Waals surface area contributed by atoms with Crippen molar-refractivity contribution in [2.45, 2.75) is 27.2 Å². The van der Waals surface area contributed by atoms with Crippen LogP contribution in [0.1, 0.15) is 27.2 Å². The van der Waals surface area contributed by atoms with Gasteiger partial charge in [-0.05, 0) is 44.1 Å². The number of para-hydroxylation sites is 1. The van der Waals surface area contributed by atoms with Gasteiger partial charge in [-0.3, -0.25) is 0 Å². The molecule has 0 aromatic heterocycles. The molecule has 0 spiro atoms. The molecule has 3 heteroatoms. The van der Waals surface area contributed by atoms with E-state index in [1.54, 1.807) is 12.1 Å². The first-order valence-electron chi connectivity index (χ1n) is 5.49. The molecule has 1 aromatic rings. The Hall–Kier alpha value is -0.920. The number of ether oxygens (including phenoxy) is 1. The van der Waals surface area contributed by atoms with Crippen LogP contribution in [0.25, 0.3) is 0 Å². The highest BCUT2D eigenvalue weighted by Crippen LogP contribution is 2.38. The van der Waals surface area contributed by atoms with E-state index in [4.69, 9.17) is 27.9 Å². The number of hydrogen-bond donors (Lipinski definition) is 0. The molecule has 0 atom stereocenters. The summed E-state index contributed by atoms with van der Waals surface area (Å²) in [4.78, 5) is 0. The molecule has 1 aliphatic carbocycles. The summed E-state index contributed by atoms with van der Waals surface area (Å²) < 4.78 is 5.86. The van der Waals surface area contributed by atoms with Gasteiger partial charge in [-0.2, -0.15) is 0 Å². The zero-order chi connectivity index (χ0) is 12.6. The zero-order valence-corrected chi connectivity index (χ0v) is 11.6. The van der Waals surface area contributed by atoms with E-state index in [0.29, 0.717) is 15.8 Å². The average Bonchev–Trinajstić information content (AvgIpc) is 2.52. The first kappa shape index (κ1) is 12.5. The zero-order valence-electron chi connectivity index (χ0n) is 10.1. The van der Waals surface area contributed by atoms with Crippen molar-refractivity contribution < 1.29 is 4.74 Å². The smallest absolute Gasteiger partial charge is 0.164 e. The fourth-order valence-corrected chi connectivity index (χ4v) is 2.33. The van der Waals surface area contributed by atoms with Crippen LogP contribution in [0.5, 0.6) is 5.75 Å². The molecule has 0 unspecified atom stereocenters. The largest absolute Gasteiger partial charge is 0.458 e. The highest BCUT2D eigenvalue weighted by Gasteiger charge is 2.19. The summed E-state index contributed by atoms with van der Waals surface area (Å²) in [5, 5.41) is 1.08. The van der Waals surface area contributed by atoms with Crippen LogP contribution in [0, 0.1) is 0 Å². The lowest BCUT2D eigenvalue weighted by atomic mass is 10.1. The van der Waals surface area contributed by atoms with Crippen molar-refractivity contribution in [3.8, 4) is 5.75 Å². The Morgan fingerprint density at radius 2 is 1.59 bits per heavy atom. The van der Waals surface area contributed by atoms with Gasteiger partial charge < -0.3 is 4.74 Å². The number of halogens is 2. The van der Waals surface area contributed by atoms with Gasteiger partial charge in [0.15, 0.2) is 5.75 Å². The minimum atomic E-state index is 0.542. The molecular weight excluding hydrogens is 255 g/mol. The molecule has 1 aromatic carbocycles. The Bertz CT molecular complexity index is 507. The first-order valence-corrected chi connectivity index (χ1v) is 6.24. The molecule has 0 saturated carbocycles. The van der Waals surface area contributed by atoms with E-state index in [9.17, 15) is 0 Å². The van der Waals surface area contributed by atoms with Crippen molar-refractivity contribution in [3.05, 3.63) is 50.7 Å². The number of benzene rings is 1. The first-order chi connectivity index (χ1) is 8.00. The third-order valence-electron chi connectivity index (χ3n) is 3.19. The van der Waals surface area contributed by atoms with Gasteiger partial charge in [-0.15, -0.1) is 0 Å². The van der Waals surface area contributed by atoms with Gasteiger partial charge in [0.1, 0.15) is 5.76 Å². The molecule has 0 fully saturated rings. The van der Waals surface area contributed by atoms with Gasteiger partial charge in [0.25, 0.3) is 0 Å². The quantitative estimate of drug-likeness (QED) is 0.699. The highest BCUT2D eigenvalue weighted by atomic mass is 35.5. The summed E-state index contributed by atoms with van der Waals surface area (Å²) in [5.74, 6) is 1.49. The van der Waals surface area contributed by atoms with Gasteiger partial charge in [0.05, 0.1) is 10.0 Å². The minimum Gasteiger partial charge on any atom is -0.458 e. The third-order valence-corrected chi connectivity index (χ3v) is 3.79. The molecule has 2 rings (SSSR count). The van der Waals surface area contributed by atoms with Crippen molar-refractivity contribution in [2.75, 3.05) is 0 Å². The van der Waals surface area contributed by atoms with E-state index >= 15 is 0 Å². The Morgan fingerprint density at radius 3 is 2.06 bits per heavy atom. The van der Waals surface area contributed by atoms with Crippen LogP contribution in [0.15, 0.2) is 40.7 Å². The SMILES string of the molecule is CC1=C(C)C(C)=C(Oc2c(Cl)cccc2Cl)C1. The van der Waals surface area contributed by atoms with Crippen LogP contribution in [-0.2, 0) is 0 Å². The van der Waals surface area contributed by atoms with Gasteiger partial charge in [0.2, 0.25) is 0 Å². The van der Waals surface area contributed by atoms with E-state index in [0.717, 1.165) is 12.2 Å². The number of rotatable bonds is 2. The Morgan fingerprint density at radius 1 is 1.00 bits per heavy atom. The predicted octanol–water partition coefficient (Wildman–Crippen LogP) is 5.39. The standard InChI is InChI=1S/C14H14Cl2O/c1-8-7-13(10(3)9(8)2)17-14-11(15)5-4-6-12(14)16/h4-6H,7H2,1-3H3. The molecule has 0 aliphatic heterocycles. The van der Waals surface area contributed by atoms with Crippen LogP contribution in [0.3, 0.4) is 0 Å². The van der Waals surface area contributed by atoms with Crippen molar-refractivity contribution >= 4 is 23.2 Å². The van der Waals surface area contributed by atoms with Gasteiger partial charge in [-0.25, -0.2) is 0 Å². The van der Waals surface area contributed by atoms with Gasteiger partial charge in [0, 0.05) is 6.42 Å². The van der Waals surface area contributed by atoms with Crippen LogP contribution < -0.4 is 4.74 Å². The van der Waals surface area contributed by atoms with Crippen LogP contribution in [0.4, 0.5) is 0 Å². The van der Waals surface area contributed by atoms with Crippen molar-refractivity contribution in [2.24, 2.45) is 0 Å². The number of allylic oxidation sites excluding steroid dienone is 3. The molecule has 0 saturated heterocycles. The minimum absolute atomic E-state index is 0.542. The Labute approximate surface area is 112 Å². The Balaban J connectivity index is 2.31. The van der Waals surface area contributed by atoms with E-state index in [1.165, 1.54) is 16.7 Å². The van der Waals surface area contributed by atoms with E-state index in [2.05, 4.69) is 20.8 Å². The van der Waals surface area contributed by atoms with Crippen LogP contribution in [0.2, 0.25) is 10.0 Å². The summed E-state index contributed by atoms with van der Waals surface area (Å²) >= 11 is 12.2. The van der Waals surface area contributed by atoms with Gasteiger partial charge in [-0.1, -0.05) is 34.8 Å². The van der Waals surface area contributed by atoms with Crippen molar-refractivity contribution in [1.29, 1.82) is 0 Å². The summed E-state index contributed by atoms with van der Waals surface area (Å²) in [6, 6.07) is 5.36. The molecule has 0 N–H and O–H groups in total. The number of hydrogen-bond acceptors (Lipinski definition) is 1. The highest BCUT2D eigenvalue weighted by molar-refractivity contribution is 6.37. The molecule has 17 heavy (non-hydrogen) atoms. The maximum atomic E-state index is 6.08. The molecule has 0 amide bonds. The monoisotopic (exact) mass is 268 g/mol. The second-order valence-electron chi connectivity index (χ2n) is 4.28. The van der Waals surface area contributed by atoms with E-state index in [-0.39, 0.29) is 0 Å². The van der Waals surface area contributed by atoms with E-state index in [1.807, 2.05) is 6.07 Å². The predicted molar refractivity (Wildman–Crippen MR) is 72.8 cm³/mol. The molecule has 0 bridgehead atoms. The van der Waals surface area contributed by atoms with Crippen molar-refractivity contribution in [3.63, 3.8) is 0 Å². The second-order valence-corrected chi connectivity index (χ2v) is 5.10. The molecule has 0 heterocycles. The van der Waals surface area contributed by atoms with Crippen molar-refractivity contribution in [1.82, 2.24) is 0 Å². The Kier molecular flexibility index (Phi) is 3.50. The summed E-state index contributed by atoms with van der Waals surface area (Å²) in [6.45, 7) is 6.28.